The van der Waals surface area contributed by atoms with E-state index in [9.17, 15) is 0 Å². The molecule has 0 atom stereocenters. The molecule has 2 heteroatoms. The second-order valence-electron chi connectivity index (χ2n) is 5.87. The summed E-state index contributed by atoms with van der Waals surface area (Å²) < 4.78 is 0. The van der Waals surface area contributed by atoms with Crippen molar-refractivity contribution in [3.8, 4) is 0 Å². The fourth-order valence-corrected chi connectivity index (χ4v) is 3.03. The van der Waals surface area contributed by atoms with E-state index in [0.29, 0.717) is 0 Å². The largest absolute Gasteiger partial charge is 0.399 e. The lowest BCUT2D eigenvalue weighted by molar-refractivity contribution is 0.319. The number of aryl methyl sites for hydroxylation is 2. The lowest BCUT2D eigenvalue weighted by Gasteiger charge is -2.17. The monoisotopic (exact) mass is 266 g/mol. The smallest absolute Gasteiger partial charge is 0.0314 e. The Morgan fingerprint density at radius 3 is 2.35 bits per heavy atom. The van der Waals surface area contributed by atoms with E-state index in [1.807, 2.05) is 12.1 Å². The van der Waals surface area contributed by atoms with Gasteiger partial charge in [-0.25, -0.2) is 0 Å². The molecule has 2 aromatic rings. The Bertz CT molecular complexity index is 587. The van der Waals surface area contributed by atoms with Crippen LogP contribution in [0.15, 0.2) is 42.5 Å². The molecule has 1 aliphatic carbocycles. The Morgan fingerprint density at radius 2 is 1.55 bits per heavy atom. The van der Waals surface area contributed by atoms with E-state index < -0.39 is 0 Å². The lowest BCUT2D eigenvalue weighted by atomic mass is 10.1. The van der Waals surface area contributed by atoms with Crippen LogP contribution in [0.2, 0.25) is 0 Å². The molecule has 2 aromatic carbocycles. The van der Waals surface area contributed by atoms with Crippen LogP contribution in [-0.2, 0) is 25.9 Å². The molecule has 2 nitrogen and oxygen atoms in total. The molecule has 0 radical (unpaired) electrons. The van der Waals surface area contributed by atoms with Crippen LogP contribution >= 0.6 is 0 Å². The highest BCUT2D eigenvalue weighted by Crippen LogP contribution is 2.23. The molecule has 3 rings (SSSR count). The maximum atomic E-state index is 5.72. The Morgan fingerprint density at radius 1 is 0.900 bits per heavy atom. The standard InChI is InChI=1S/C18H22N2/c1-20(12-14-6-9-18(19)10-7-14)13-15-5-8-16-3-2-4-17(16)11-15/h5-11H,2-4,12-13,19H2,1H3. The molecule has 0 aromatic heterocycles. The van der Waals surface area contributed by atoms with Crippen LogP contribution in [-0.4, -0.2) is 11.9 Å². The third kappa shape index (κ3) is 3.02. The van der Waals surface area contributed by atoms with Crippen molar-refractivity contribution in [1.82, 2.24) is 4.90 Å². The van der Waals surface area contributed by atoms with Gasteiger partial charge in [0.05, 0.1) is 0 Å². The number of fused-ring (bicyclic) bond motifs is 1. The Hall–Kier alpha value is -1.80. The van der Waals surface area contributed by atoms with Crippen LogP contribution in [0.1, 0.15) is 28.7 Å². The van der Waals surface area contributed by atoms with Crippen molar-refractivity contribution in [3.05, 3.63) is 64.7 Å². The van der Waals surface area contributed by atoms with Gasteiger partial charge in [-0.3, -0.25) is 4.90 Å². The van der Waals surface area contributed by atoms with Gasteiger partial charge in [0.1, 0.15) is 0 Å². The number of anilines is 1. The number of benzene rings is 2. The topological polar surface area (TPSA) is 29.3 Å². The third-order valence-corrected chi connectivity index (χ3v) is 4.05. The van der Waals surface area contributed by atoms with E-state index >= 15 is 0 Å². The van der Waals surface area contributed by atoms with Crippen LogP contribution in [0.3, 0.4) is 0 Å². The zero-order chi connectivity index (χ0) is 13.9. The number of rotatable bonds is 4. The van der Waals surface area contributed by atoms with Gasteiger partial charge in [-0.15, -0.1) is 0 Å². The summed E-state index contributed by atoms with van der Waals surface area (Å²) in [6, 6.07) is 15.1. The average Bonchev–Trinajstić information content (AvgIpc) is 2.89. The van der Waals surface area contributed by atoms with Gasteiger partial charge in [-0.05, 0) is 60.7 Å². The first-order valence-electron chi connectivity index (χ1n) is 7.34. The van der Waals surface area contributed by atoms with Crippen molar-refractivity contribution in [1.29, 1.82) is 0 Å². The highest BCUT2D eigenvalue weighted by Gasteiger charge is 2.11. The minimum absolute atomic E-state index is 0.829. The van der Waals surface area contributed by atoms with Crippen LogP contribution in [0.25, 0.3) is 0 Å². The molecular weight excluding hydrogens is 244 g/mol. The molecule has 0 saturated carbocycles. The molecule has 0 unspecified atom stereocenters. The van der Waals surface area contributed by atoms with Crippen molar-refractivity contribution < 1.29 is 0 Å². The summed E-state index contributed by atoms with van der Waals surface area (Å²) in [5, 5.41) is 0. The molecule has 104 valence electrons. The molecule has 2 N–H and O–H groups in total. The van der Waals surface area contributed by atoms with E-state index in [2.05, 4.69) is 42.3 Å². The van der Waals surface area contributed by atoms with Crippen molar-refractivity contribution in [3.63, 3.8) is 0 Å². The molecule has 0 spiro atoms. The predicted octanol–water partition coefficient (Wildman–Crippen LogP) is 3.39. The van der Waals surface area contributed by atoms with Crippen LogP contribution < -0.4 is 5.73 Å². The fourth-order valence-electron chi connectivity index (χ4n) is 3.03. The highest BCUT2D eigenvalue weighted by molar-refractivity contribution is 5.39. The SMILES string of the molecule is CN(Cc1ccc(N)cc1)Cc1ccc2c(c1)CCC2. The molecule has 0 fully saturated rings. The van der Waals surface area contributed by atoms with Crippen molar-refractivity contribution >= 4 is 5.69 Å². The summed E-state index contributed by atoms with van der Waals surface area (Å²) >= 11 is 0. The van der Waals surface area contributed by atoms with Gasteiger partial charge in [-0.1, -0.05) is 30.3 Å². The summed E-state index contributed by atoms with van der Waals surface area (Å²) in [4.78, 5) is 2.35. The molecule has 0 heterocycles. The number of nitrogens with zero attached hydrogens (tertiary/aromatic N) is 1. The van der Waals surface area contributed by atoms with E-state index in [1.165, 1.54) is 30.4 Å². The normalized spacial score (nSPS) is 13.7. The van der Waals surface area contributed by atoms with Gasteiger partial charge in [0.2, 0.25) is 0 Å². The van der Waals surface area contributed by atoms with E-state index in [1.54, 1.807) is 11.1 Å². The van der Waals surface area contributed by atoms with Gasteiger partial charge in [0.25, 0.3) is 0 Å². The Balaban J connectivity index is 1.63. The highest BCUT2D eigenvalue weighted by atomic mass is 15.1. The maximum absolute atomic E-state index is 5.72. The van der Waals surface area contributed by atoms with Crippen LogP contribution in [0, 0.1) is 0 Å². The fraction of sp³-hybridized carbons (Fsp3) is 0.333. The summed E-state index contributed by atoms with van der Waals surface area (Å²) in [5.74, 6) is 0. The Labute approximate surface area is 121 Å². The van der Waals surface area contributed by atoms with Gasteiger partial charge >= 0.3 is 0 Å². The van der Waals surface area contributed by atoms with Crippen molar-refractivity contribution in [2.24, 2.45) is 0 Å². The minimum Gasteiger partial charge on any atom is -0.399 e. The first-order chi connectivity index (χ1) is 9.70. The molecule has 0 bridgehead atoms. The van der Waals surface area contributed by atoms with E-state index in [4.69, 9.17) is 5.73 Å². The maximum Gasteiger partial charge on any atom is 0.0314 e. The van der Waals surface area contributed by atoms with Crippen LogP contribution in [0.5, 0.6) is 0 Å². The molecule has 20 heavy (non-hydrogen) atoms. The quantitative estimate of drug-likeness (QED) is 0.860. The molecule has 0 amide bonds. The number of hydrogen-bond donors (Lipinski definition) is 1. The second kappa shape index (κ2) is 5.68. The van der Waals surface area contributed by atoms with Gasteiger partial charge in [0, 0.05) is 18.8 Å². The third-order valence-electron chi connectivity index (χ3n) is 4.05. The molecule has 1 aliphatic rings. The summed E-state index contributed by atoms with van der Waals surface area (Å²) in [6.45, 7) is 1.95. The summed E-state index contributed by atoms with van der Waals surface area (Å²) in [5.41, 5.74) is 12.4. The first-order valence-corrected chi connectivity index (χ1v) is 7.34. The lowest BCUT2D eigenvalue weighted by Crippen LogP contribution is -2.17. The summed E-state index contributed by atoms with van der Waals surface area (Å²) in [7, 11) is 2.17. The van der Waals surface area contributed by atoms with Crippen LogP contribution in [0.4, 0.5) is 5.69 Å². The average molecular weight is 266 g/mol. The second-order valence-corrected chi connectivity index (χ2v) is 5.87. The van der Waals surface area contributed by atoms with E-state index in [-0.39, 0.29) is 0 Å². The Kier molecular flexibility index (Phi) is 3.75. The number of hydrogen-bond acceptors (Lipinski definition) is 2. The first kappa shape index (κ1) is 13.2. The molecular formula is C18H22N2. The van der Waals surface area contributed by atoms with Crippen molar-refractivity contribution in [2.75, 3.05) is 12.8 Å². The predicted molar refractivity (Wildman–Crippen MR) is 84.5 cm³/mol. The molecule has 0 aliphatic heterocycles. The minimum atomic E-state index is 0.829. The zero-order valence-electron chi connectivity index (χ0n) is 12.1. The number of nitrogen functional groups attached to an aromatic ring is 1. The van der Waals surface area contributed by atoms with Gasteiger partial charge in [0.15, 0.2) is 0 Å². The van der Waals surface area contributed by atoms with Crippen molar-refractivity contribution in [2.45, 2.75) is 32.4 Å². The summed E-state index contributed by atoms with van der Waals surface area (Å²) in [6.07, 6.45) is 3.84. The van der Waals surface area contributed by atoms with E-state index in [0.717, 1.165) is 18.8 Å². The zero-order valence-corrected chi connectivity index (χ0v) is 12.1. The van der Waals surface area contributed by atoms with Gasteiger partial charge in [-0.2, -0.15) is 0 Å². The van der Waals surface area contributed by atoms with Gasteiger partial charge < -0.3 is 5.73 Å². The number of nitrogens with two attached hydrogens (primary N) is 1. The molecule has 0 saturated heterocycles.